The highest BCUT2D eigenvalue weighted by atomic mass is 19.4. The number of hydrogen-bond donors (Lipinski definition) is 1. The molecule has 0 radical (unpaired) electrons. The lowest BCUT2D eigenvalue weighted by atomic mass is 10.0. The Balaban J connectivity index is 4.58. The Labute approximate surface area is 70.9 Å². The molecule has 0 saturated heterocycles. The molecule has 0 spiro atoms. The highest BCUT2D eigenvalue weighted by molar-refractivity contribution is 4.78. The second kappa shape index (κ2) is 3.73. The van der Waals surface area contributed by atoms with E-state index in [2.05, 4.69) is 0 Å². The fourth-order valence-corrected chi connectivity index (χ4v) is 0.825. The zero-order chi connectivity index (χ0) is 10.9. The molecule has 7 heteroatoms. The fraction of sp³-hybridized carbons (Fsp3) is 1.00. The number of halogens is 6. The Bertz CT molecular complexity index is 143. The van der Waals surface area contributed by atoms with Gasteiger partial charge in [0.2, 0.25) is 0 Å². The zero-order valence-corrected chi connectivity index (χ0v) is 6.71. The van der Waals surface area contributed by atoms with E-state index in [0.717, 1.165) is 6.92 Å². The Morgan fingerprint density at radius 1 is 1.00 bits per heavy atom. The molecule has 80 valence electrons. The molecule has 0 rings (SSSR count). The van der Waals surface area contributed by atoms with Crippen LogP contribution < -0.4 is 5.73 Å². The second-order valence-electron chi connectivity index (χ2n) is 2.85. The van der Waals surface area contributed by atoms with Crippen LogP contribution in [0.5, 0.6) is 0 Å². The van der Waals surface area contributed by atoms with Crippen molar-refractivity contribution in [1.82, 2.24) is 0 Å². The van der Waals surface area contributed by atoms with E-state index in [4.69, 9.17) is 5.73 Å². The zero-order valence-electron chi connectivity index (χ0n) is 6.71. The third-order valence-corrected chi connectivity index (χ3v) is 1.40. The van der Waals surface area contributed by atoms with Gasteiger partial charge in [-0.3, -0.25) is 0 Å². The summed E-state index contributed by atoms with van der Waals surface area (Å²) in [5.41, 5.74) is 4.89. The first-order valence-electron chi connectivity index (χ1n) is 3.44. The molecular weight excluding hydrogens is 200 g/mol. The van der Waals surface area contributed by atoms with Gasteiger partial charge in [-0.25, -0.2) is 0 Å². The van der Waals surface area contributed by atoms with E-state index in [1.807, 2.05) is 0 Å². The Kier molecular flexibility index (Phi) is 3.60. The largest absolute Gasteiger partial charge is 0.400 e. The molecule has 1 atom stereocenters. The van der Waals surface area contributed by atoms with Crippen LogP contribution in [0.2, 0.25) is 0 Å². The summed E-state index contributed by atoms with van der Waals surface area (Å²) in [4.78, 5) is 0. The molecule has 0 amide bonds. The van der Waals surface area contributed by atoms with E-state index in [-0.39, 0.29) is 0 Å². The van der Waals surface area contributed by atoms with Crippen molar-refractivity contribution in [3.63, 3.8) is 0 Å². The van der Waals surface area contributed by atoms with E-state index in [0.29, 0.717) is 0 Å². The van der Waals surface area contributed by atoms with Crippen molar-refractivity contribution in [3.05, 3.63) is 0 Å². The van der Waals surface area contributed by atoms with E-state index in [9.17, 15) is 26.3 Å². The molecule has 0 unspecified atom stereocenters. The minimum absolute atomic E-state index is 1.10. The molecule has 0 aliphatic carbocycles. The van der Waals surface area contributed by atoms with Crippen LogP contribution in [0.15, 0.2) is 0 Å². The first-order chi connectivity index (χ1) is 5.55. The summed E-state index contributed by atoms with van der Waals surface area (Å²) >= 11 is 0. The van der Waals surface area contributed by atoms with Crippen molar-refractivity contribution < 1.29 is 26.3 Å². The van der Waals surface area contributed by atoms with Gasteiger partial charge in [0, 0.05) is 6.04 Å². The molecule has 0 aliphatic heterocycles. The van der Waals surface area contributed by atoms with Gasteiger partial charge >= 0.3 is 12.4 Å². The summed E-state index contributed by atoms with van der Waals surface area (Å²) < 4.78 is 70.8. The Morgan fingerprint density at radius 3 is 1.38 bits per heavy atom. The van der Waals surface area contributed by atoms with Crippen LogP contribution in [0.4, 0.5) is 26.3 Å². The maximum absolute atomic E-state index is 11.8. The smallest absolute Gasteiger partial charge is 0.328 e. The normalized spacial score (nSPS) is 16.4. The molecule has 2 N–H and O–H groups in total. The predicted molar refractivity (Wildman–Crippen MR) is 33.9 cm³/mol. The Morgan fingerprint density at radius 2 is 1.31 bits per heavy atom. The van der Waals surface area contributed by atoms with Crippen molar-refractivity contribution in [3.8, 4) is 0 Å². The lowest BCUT2D eigenvalue weighted by molar-refractivity contribution is -0.286. The van der Waals surface area contributed by atoms with Crippen LogP contribution in [0.25, 0.3) is 0 Å². The van der Waals surface area contributed by atoms with Gasteiger partial charge < -0.3 is 5.73 Å². The lowest BCUT2D eigenvalue weighted by Gasteiger charge is -2.24. The predicted octanol–water partition coefficient (Wildman–Crippen LogP) is 2.46. The molecular formula is C6H9F6N. The number of rotatable bonds is 2. The molecule has 0 saturated carbocycles. The van der Waals surface area contributed by atoms with Gasteiger partial charge in [0.05, 0.1) is 0 Å². The van der Waals surface area contributed by atoms with E-state index < -0.39 is 30.7 Å². The minimum atomic E-state index is -5.27. The van der Waals surface area contributed by atoms with Crippen molar-refractivity contribution in [2.75, 3.05) is 0 Å². The van der Waals surface area contributed by atoms with Crippen LogP contribution in [0.1, 0.15) is 13.3 Å². The highest BCUT2D eigenvalue weighted by Gasteiger charge is 2.56. The quantitative estimate of drug-likeness (QED) is 0.694. The van der Waals surface area contributed by atoms with Gasteiger partial charge in [0.15, 0.2) is 5.92 Å². The van der Waals surface area contributed by atoms with Gasteiger partial charge in [0.1, 0.15) is 0 Å². The van der Waals surface area contributed by atoms with Gasteiger partial charge in [-0.05, 0) is 13.3 Å². The number of hydrogen-bond acceptors (Lipinski definition) is 1. The fourth-order valence-electron chi connectivity index (χ4n) is 0.825. The Hall–Kier alpha value is -0.460. The van der Waals surface area contributed by atoms with Gasteiger partial charge in [0.25, 0.3) is 0 Å². The summed E-state index contributed by atoms with van der Waals surface area (Å²) in [6, 6.07) is -1.13. The third kappa shape index (κ3) is 4.35. The summed E-state index contributed by atoms with van der Waals surface area (Å²) in [5, 5.41) is 0. The van der Waals surface area contributed by atoms with Gasteiger partial charge in [-0.15, -0.1) is 0 Å². The topological polar surface area (TPSA) is 26.0 Å². The van der Waals surface area contributed by atoms with E-state index >= 15 is 0 Å². The van der Waals surface area contributed by atoms with Crippen LogP contribution >= 0.6 is 0 Å². The van der Waals surface area contributed by atoms with Crippen molar-refractivity contribution in [2.45, 2.75) is 31.7 Å². The molecule has 0 aliphatic rings. The van der Waals surface area contributed by atoms with Gasteiger partial charge in [-0.1, -0.05) is 0 Å². The second-order valence-corrected chi connectivity index (χ2v) is 2.85. The average molecular weight is 209 g/mol. The standard InChI is InChI=1S/C6H9F6N/c1-3(13)2-4(5(7,8)9)6(10,11)12/h3-4H,2,13H2,1H3/t3-/m0/s1. The molecule has 13 heavy (non-hydrogen) atoms. The summed E-state index contributed by atoms with van der Waals surface area (Å²) in [7, 11) is 0. The number of nitrogens with two attached hydrogens (primary N) is 1. The summed E-state index contributed by atoms with van der Waals surface area (Å²) in [6.07, 6.45) is -11.7. The third-order valence-electron chi connectivity index (χ3n) is 1.40. The first-order valence-corrected chi connectivity index (χ1v) is 3.44. The van der Waals surface area contributed by atoms with Crippen LogP contribution in [-0.4, -0.2) is 18.4 Å². The monoisotopic (exact) mass is 209 g/mol. The maximum Gasteiger partial charge on any atom is 0.400 e. The lowest BCUT2D eigenvalue weighted by Crippen LogP contribution is -2.40. The van der Waals surface area contributed by atoms with Crippen molar-refractivity contribution in [1.29, 1.82) is 0 Å². The molecule has 0 heterocycles. The molecule has 0 aromatic carbocycles. The van der Waals surface area contributed by atoms with Gasteiger partial charge in [-0.2, -0.15) is 26.3 Å². The molecule has 0 aromatic rings. The van der Waals surface area contributed by atoms with E-state index in [1.165, 1.54) is 0 Å². The van der Waals surface area contributed by atoms with E-state index in [1.54, 1.807) is 0 Å². The molecule has 0 aromatic heterocycles. The SMILES string of the molecule is C[C@H](N)CC(C(F)(F)F)C(F)(F)F. The number of alkyl halides is 6. The maximum atomic E-state index is 11.8. The molecule has 1 nitrogen and oxygen atoms in total. The highest BCUT2D eigenvalue weighted by Crippen LogP contribution is 2.41. The van der Waals surface area contributed by atoms with Crippen LogP contribution in [0.3, 0.4) is 0 Å². The summed E-state index contributed by atoms with van der Waals surface area (Å²) in [6.45, 7) is 1.10. The first kappa shape index (κ1) is 12.5. The van der Waals surface area contributed by atoms with Crippen molar-refractivity contribution >= 4 is 0 Å². The summed E-state index contributed by atoms with van der Waals surface area (Å²) in [5.74, 6) is -3.32. The van der Waals surface area contributed by atoms with Crippen molar-refractivity contribution in [2.24, 2.45) is 11.7 Å². The van der Waals surface area contributed by atoms with Crippen LogP contribution in [-0.2, 0) is 0 Å². The molecule has 0 fully saturated rings. The van der Waals surface area contributed by atoms with Crippen LogP contribution in [0, 0.1) is 5.92 Å². The minimum Gasteiger partial charge on any atom is -0.328 e. The average Bonchev–Trinajstić information content (AvgIpc) is 1.77. The molecule has 0 bridgehead atoms.